The number of hydrogen-bond donors (Lipinski definition) is 1. The Morgan fingerprint density at radius 3 is 2.35 bits per heavy atom. The van der Waals surface area contributed by atoms with Crippen LogP contribution in [0.2, 0.25) is 5.02 Å². The van der Waals surface area contributed by atoms with Crippen LogP contribution in [0.5, 0.6) is 5.75 Å². The average Bonchev–Trinajstić information content (AvgIpc) is 2.53. The highest BCUT2D eigenvalue weighted by Crippen LogP contribution is 2.24. The van der Waals surface area contributed by atoms with Crippen molar-refractivity contribution < 1.29 is 14.3 Å². The maximum absolute atomic E-state index is 12.7. The van der Waals surface area contributed by atoms with Gasteiger partial charge >= 0.3 is 6.03 Å². The number of piperazine rings is 1. The number of nitrogens with zero attached hydrogens (tertiary/aromatic N) is 2. The fourth-order valence-electron chi connectivity index (χ4n) is 2.47. The van der Waals surface area contributed by atoms with E-state index in [1.165, 1.54) is 7.11 Å². The molecule has 2 rings (SSSR count). The zero-order valence-corrected chi connectivity index (χ0v) is 14.4. The van der Waals surface area contributed by atoms with Crippen LogP contribution in [0.3, 0.4) is 0 Å². The summed E-state index contributed by atoms with van der Waals surface area (Å²) in [4.78, 5) is 28.1. The van der Waals surface area contributed by atoms with Crippen LogP contribution in [-0.2, 0) is 0 Å². The Labute approximate surface area is 141 Å². The van der Waals surface area contributed by atoms with Crippen molar-refractivity contribution >= 4 is 23.5 Å². The highest BCUT2D eigenvalue weighted by atomic mass is 35.5. The lowest BCUT2D eigenvalue weighted by Gasteiger charge is -2.35. The number of urea groups is 1. The Balaban J connectivity index is 2.01. The largest absolute Gasteiger partial charge is 0.496 e. The number of amides is 3. The molecule has 1 aliphatic heterocycles. The van der Waals surface area contributed by atoms with Crippen LogP contribution in [0.1, 0.15) is 24.2 Å². The molecule has 0 saturated carbocycles. The Hall–Kier alpha value is -1.95. The summed E-state index contributed by atoms with van der Waals surface area (Å²) >= 11 is 5.98. The van der Waals surface area contributed by atoms with Gasteiger partial charge in [0.05, 0.1) is 12.7 Å². The summed E-state index contributed by atoms with van der Waals surface area (Å²) in [5.41, 5.74) is 0.445. The van der Waals surface area contributed by atoms with Crippen molar-refractivity contribution in [1.29, 1.82) is 0 Å². The van der Waals surface area contributed by atoms with Gasteiger partial charge in [0.2, 0.25) is 0 Å². The molecule has 1 N–H and O–H groups in total. The quantitative estimate of drug-likeness (QED) is 0.918. The fraction of sp³-hybridized carbons (Fsp3) is 0.500. The maximum Gasteiger partial charge on any atom is 0.317 e. The summed E-state index contributed by atoms with van der Waals surface area (Å²) in [5.74, 6) is 0.368. The minimum atomic E-state index is -0.131. The number of methoxy groups -OCH3 is 1. The van der Waals surface area contributed by atoms with E-state index in [0.717, 1.165) is 0 Å². The predicted molar refractivity (Wildman–Crippen MR) is 89.1 cm³/mol. The van der Waals surface area contributed by atoms with Crippen molar-refractivity contribution in [1.82, 2.24) is 15.1 Å². The molecule has 0 unspecified atom stereocenters. The van der Waals surface area contributed by atoms with E-state index in [9.17, 15) is 9.59 Å². The zero-order valence-electron chi connectivity index (χ0n) is 13.6. The molecule has 1 aliphatic rings. The first-order valence-electron chi connectivity index (χ1n) is 7.60. The molecular formula is C16H22ClN3O3. The third kappa shape index (κ3) is 4.28. The molecule has 7 heteroatoms. The molecule has 126 valence electrons. The number of carbonyl (C=O) groups excluding carboxylic acids is 2. The van der Waals surface area contributed by atoms with Gasteiger partial charge in [-0.1, -0.05) is 11.6 Å². The lowest BCUT2D eigenvalue weighted by Crippen LogP contribution is -2.54. The van der Waals surface area contributed by atoms with Crippen LogP contribution in [0.4, 0.5) is 4.79 Å². The molecule has 0 atom stereocenters. The van der Waals surface area contributed by atoms with Crippen molar-refractivity contribution in [2.45, 2.75) is 19.9 Å². The van der Waals surface area contributed by atoms with Gasteiger partial charge < -0.3 is 19.9 Å². The molecule has 0 radical (unpaired) electrons. The first-order valence-corrected chi connectivity index (χ1v) is 7.98. The molecule has 1 aromatic rings. The predicted octanol–water partition coefficient (Wildman–Crippen LogP) is 2.22. The monoisotopic (exact) mass is 339 g/mol. The summed E-state index contributed by atoms with van der Waals surface area (Å²) in [7, 11) is 1.52. The van der Waals surface area contributed by atoms with Gasteiger partial charge in [0.15, 0.2) is 0 Å². The van der Waals surface area contributed by atoms with E-state index in [1.54, 1.807) is 28.0 Å². The molecule has 0 aliphatic carbocycles. The third-order valence-electron chi connectivity index (χ3n) is 3.66. The van der Waals surface area contributed by atoms with Gasteiger partial charge in [0.25, 0.3) is 5.91 Å². The lowest BCUT2D eigenvalue weighted by atomic mass is 10.1. The molecule has 1 fully saturated rings. The molecule has 0 spiro atoms. The smallest absolute Gasteiger partial charge is 0.317 e. The molecule has 0 bridgehead atoms. The summed E-state index contributed by atoms with van der Waals surface area (Å²) in [5, 5.41) is 3.35. The maximum atomic E-state index is 12.7. The van der Waals surface area contributed by atoms with Crippen LogP contribution < -0.4 is 10.1 Å². The topological polar surface area (TPSA) is 61.9 Å². The van der Waals surface area contributed by atoms with Crippen molar-refractivity contribution in [2.75, 3.05) is 33.3 Å². The number of hydrogen-bond acceptors (Lipinski definition) is 3. The average molecular weight is 340 g/mol. The summed E-state index contributed by atoms with van der Waals surface area (Å²) in [6, 6.07) is 4.98. The number of ether oxygens (including phenoxy) is 1. The normalized spacial score (nSPS) is 14.8. The number of benzene rings is 1. The highest BCUT2D eigenvalue weighted by Gasteiger charge is 2.26. The minimum Gasteiger partial charge on any atom is -0.496 e. The third-order valence-corrected chi connectivity index (χ3v) is 3.89. The standard InChI is InChI=1S/C16H22ClN3O3/c1-11(2)18-16(22)20-8-6-19(7-9-20)15(21)13-10-12(17)4-5-14(13)23-3/h4-5,10-11H,6-9H2,1-3H3,(H,18,22). The second-order valence-electron chi connectivity index (χ2n) is 5.73. The number of halogens is 1. The Morgan fingerprint density at radius 1 is 1.17 bits per heavy atom. The van der Waals surface area contributed by atoms with Gasteiger partial charge in [0.1, 0.15) is 5.75 Å². The van der Waals surface area contributed by atoms with E-state index in [0.29, 0.717) is 42.5 Å². The van der Waals surface area contributed by atoms with Crippen LogP contribution >= 0.6 is 11.6 Å². The van der Waals surface area contributed by atoms with E-state index in [2.05, 4.69) is 5.32 Å². The van der Waals surface area contributed by atoms with Gasteiger partial charge in [-0.25, -0.2) is 4.79 Å². The van der Waals surface area contributed by atoms with E-state index in [1.807, 2.05) is 13.8 Å². The van der Waals surface area contributed by atoms with E-state index < -0.39 is 0 Å². The minimum absolute atomic E-state index is 0.0903. The van der Waals surface area contributed by atoms with Crippen molar-refractivity contribution in [3.05, 3.63) is 28.8 Å². The lowest BCUT2D eigenvalue weighted by molar-refractivity contribution is 0.0660. The Kier molecular flexibility index (Phi) is 5.71. The molecule has 23 heavy (non-hydrogen) atoms. The first kappa shape index (κ1) is 17.4. The zero-order chi connectivity index (χ0) is 17.0. The van der Waals surface area contributed by atoms with Crippen molar-refractivity contribution in [3.8, 4) is 5.75 Å². The second-order valence-corrected chi connectivity index (χ2v) is 6.16. The van der Waals surface area contributed by atoms with Crippen LogP contribution in [0.25, 0.3) is 0 Å². The van der Waals surface area contributed by atoms with Crippen molar-refractivity contribution in [2.24, 2.45) is 0 Å². The molecule has 0 aromatic heterocycles. The van der Waals surface area contributed by atoms with Gasteiger partial charge in [0, 0.05) is 37.2 Å². The van der Waals surface area contributed by atoms with Gasteiger partial charge in [-0.15, -0.1) is 0 Å². The highest BCUT2D eigenvalue weighted by molar-refractivity contribution is 6.31. The summed E-state index contributed by atoms with van der Waals surface area (Å²) < 4.78 is 5.23. The van der Waals surface area contributed by atoms with E-state index in [4.69, 9.17) is 16.3 Å². The fourth-order valence-corrected chi connectivity index (χ4v) is 2.64. The second kappa shape index (κ2) is 7.55. The Bertz CT molecular complexity index is 584. The first-order chi connectivity index (χ1) is 10.9. The van der Waals surface area contributed by atoms with Crippen LogP contribution in [-0.4, -0.2) is 61.1 Å². The molecule has 1 heterocycles. The van der Waals surface area contributed by atoms with E-state index >= 15 is 0 Å². The van der Waals surface area contributed by atoms with Crippen molar-refractivity contribution in [3.63, 3.8) is 0 Å². The summed E-state index contributed by atoms with van der Waals surface area (Å²) in [6.45, 7) is 5.83. The van der Waals surface area contributed by atoms with Gasteiger partial charge in [-0.05, 0) is 32.0 Å². The van der Waals surface area contributed by atoms with E-state index in [-0.39, 0.29) is 18.0 Å². The Morgan fingerprint density at radius 2 is 1.78 bits per heavy atom. The number of rotatable bonds is 3. The molecule has 1 aromatic carbocycles. The molecule has 6 nitrogen and oxygen atoms in total. The molecule has 3 amide bonds. The molecule has 1 saturated heterocycles. The summed E-state index contributed by atoms with van der Waals surface area (Å²) in [6.07, 6.45) is 0. The number of carbonyl (C=O) groups is 2. The van der Waals surface area contributed by atoms with Crippen LogP contribution in [0, 0.1) is 0 Å². The van der Waals surface area contributed by atoms with Gasteiger partial charge in [-0.3, -0.25) is 4.79 Å². The number of nitrogens with one attached hydrogen (secondary N) is 1. The van der Waals surface area contributed by atoms with Gasteiger partial charge in [-0.2, -0.15) is 0 Å². The van der Waals surface area contributed by atoms with Crippen LogP contribution in [0.15, 0.2) is 18.2 Å². The SMILES string of the molecule is COc1ccc(Cl)cc1C(=O)N1CCN(C(=O)NC(C)C)CC1. The molecular weight excluding hydrogens is 318 g/mol.